The van der Waals surface area contributed by atoms with Crippen molar-refractivity contribution in [3.8, 4) is 0 Å². The summed E-state index contributed by atoms with van der Waals surface area (Å²) in [6.45, 7) is 5.75. The smallest absolute Gasteiger partial charge is 0.257 e. The van der Waals surface area contributed by atoms with Crippen LogP contribution in [0.3, 0.4) is 0 Å². The topological polar surface area (TPSA) is 68.0 Å². The van der Waals surface area contributed by atoms with E-state index in [9.17, 15) is 4.79 Å². The summed E-state index contributed by atoms with van der Waals surface area (Å²) in [6, 6.07) is 7.62. The van der Waals surface area contributed by atoms with Crippen molar-refractivity contribution in [3.05, 3.63) is 53.7 Å². The molecule has 4 heterocycles. The predicted molar refractivity (Wildman–Crippen MR) is 103 cm³/mol. The Kier molecular flexibility index (Phi) is 6.36. The molecule has 0 N–H and O–H groups in total. The molecule has 0 spiro atoms. The van der Waals surface area contributed by atoms with Gasteiger partial charge in [-0.15, -0.1) is 0 Å². The quantitative estimate of drug-likeness (QED) is 0.729. The van der Waals surface area contributed by atoms with Crippen LogP contribution in [0.4, 0.5) is 0 Å². The minimum Gasteiger partial charge on any atom is -0.467 e. The molecular weight excluding hydrogens is 358 g/mol. The predicted octanol–water partition coefficient (Wildman–Crippen LogP) is 2.33. The fraction of sp³-hybridized carbons (Fsp3) is 0.524. The highest BCUT2D eigenvalue weighted by atomic mass is 16.5. The van der Waals surface area contributed by atoms with Crippen LogP contribution < -0.4 is 0 Å². The zero-order valence-electron chi connectivity index (χ0n) is 16.1. The van der Waals surface area contributed by atoms with Crippen molar-refractivity contribution >= 4 is 5.91 Å². The van der Waals surface area contributed by atoms with Crippen LogP contribution in [0.15, 0.2) is 41.1 Å². The summed E-state index contributed by atoms with van der Waals surface area (Å²) >= 11 is 0. The van der Waals surface area contributed by atoms with Crippen LogP contribution in [-0.2, 0) is 22.6 Å². The van der Waals surface area contributed by atoms with Crippen molar-refractivity contribution in [2.45, 2.75) is 32.0 Å². The van der Waals surface area contributed by atoms with Gasteiger partial charge in [-0.2, -0.15) is 0 Å². The number of hydrogen-bond acceptors (Lipinski definition) is 6. The van der Waals surface area contributed by atoms with Crippen LogP contribution in [0.1, 0.15) is 34.7 Å². The van der Waals surface area contributed by atoms with Gasteiger partial charge in [0.2, 0.25) is 0 Å². The van der Waals surface area contributed by atoms with Gasteiger partial charge in [0.05, 0.1) is 43.7 Å². The number of hydrogen-bond donors (Lipinski definition) is 0. The normalized spacial score (nSPS) is 20.4. The highest BCUT2D eigenvalue weighted by molar-refractivity contribution is 5.94. The minimum atomic E-state index is -0.0434. The second kappa shape index (κ2) is 9.32. The molecule has 2 fully saturated rings. The Morgan fingerprint density at radius 2 is 2.14 bits per heavy atom. The first-order valence-corrected chi connectivity index (χ1v) is 9.96. The van der Waals surface area contributed by atoms with E-state index in [1.54, 1.807) is 12.5 Å². The molecule has 2 aliphatic heterocycles. The lowest BCUT2D eigenvalue weighted by atomic mass is 10.2. The molecule has 2 aromatic heterocycles. The summed E-state index contributed by atoms with van der Waals surface area (Å²) in [5.74, 6) is 0.762. The third-order valence-electron chi connectivity index (χ3n) is 5.20. The molecule has 2 saturated heterocycles. The number of carbonyl (C=O) groups excluding carboxylic acids is 1. The molecule has 0 aromatic carbocycles. The maximum absolute atomic E-state index is 13.2. The number of amides is 1. The first-order chi connectivity index (χ1) is 13.8. The second-order valence-corrected chi connectivity index (χ2v) is 7.33. The van der Waals surface area contributed by atoms with E-state index in [1.807, 2.05) is 29.2 Å². The van der Waals surface area contributed by atoms with Gasteiger partial charge in [0.1, 0.15) is 12.0 Å². The van der Waals surface area contributed by atoms with Crippen molar-refractivity contribution in [1.29, 1.82) is 0 Å². The number of aromatic nitrogens is 1. The van der Waals surface area contributed by atoms with Gasteiger partial charge in [-0.1, -0.05) is 6.07 Å². The Bertz CT molecular complexity index is 752. The molecule has 0 saturated carbocycles. The van der Waals surface area contributed by atoms with E-state index < -0.39 is 0 Å². The summed E-state index contributed by atoms with van der Waals surface area (Å²) in [7, 11) is 0. The minimum absolute atomic E-state index is 0.0434. The molecule has 150 valence electrons. The highest BCUT2D eigenvalue weighted by Crippen LogP contribution is 2.19. The van der Waals surface area contributed by atoms with Crippen molar-refractivity contribution in [3.63, 3.8) is 0 Å². The number of carbonyl (C=O) groups is 1. The van der Waals surface area contributed by atoms with Gasteiger partial charge >= 0.3 is 0 Å². The van der Waals surface area contributed by atoms with E-state index >= 15 is 0 Å². The molecule has 2 aliphatic rings. The van der Waals surface area contributed by atoms with Gasteiger partial charge in [-0.3, -0.25) is 14.7 Å². The van der Waals surface area contributed by atoms with Crippen LogP contribution in [0, 0.1) is 0 Å². The second-order valence-electron chi connectivity index (χ2n) is 7.33. The summed E-state index contributed by atoms with van der Waals surface area (Å²) in [5.41, 5.74) is 1.45. The van der Waals surface area contributed by atoms with E-state index in [2.05, 4.69) is 9.88 Å². The van der Waals surface area contributed by atoms with Crippen LogP contribution in [-0.4, -0.2) is 66.2 Å². The lowest BCUT2D eigenvalue weighted by Gasteiger charge is -2.25. The number of pyridine rings is 1. The molecule has 1 amide bonds. The molecule has 0 bridgehead atoms. The maximum Gasteiger partial charge on any atom is 0.257 e. The van der Waals surface area contributed by atoms with Gasteiger partial charge in [0.25, 0.3) is 5.91 Å². The highest BCUT2D eigenvalue weighted by Gasteiger charge is 2.25. The summed E-state index contributed by atoms with van der Waals surface area (Å²) in [4.78, 5) is 21.7. The zero-order valence-corrected chi connectivity index (χ0v) is 16.1. The molecule has 28 heavy (non-hydrogen) atoms. The van der Waals surface area contributed by atoms with Gasteiger partial charge in [-0.25, -0.2) is 0 Å². The molecule has 0 aliphatic carbocycles. The molecule has 4 rings (SSSR count). The standard InChI is InChI=1S/C21H27N3O4/c25-21(17-12-20(28-16-17)14-23-7-10-26-11-8-23)24(15-19-5-3-9-27-19)13-18-4-1-2-6-22-18/h1-2,4,6,12,16,19H,3,5,7-11,13-15H2/t19-/m1/s1. The fourth-order valence-electron chi connectivity index (χ4n) is 3.68. The van der Waals surface area contributed by atoms with E-state index in [-0.39, 0.29) is 12.0 Å². The Hall–Kier alpha value is -2.22. The van der Waals surface area contributed by atoms with Crippen molar-refractivity contribution < 1.29 is 18.7 Å². The van der Waals surface area contributed by atoms with Crippen molar-refractivity contribution in [2.75, 3.05) is 39.5 Å². The summed E-state index contributed by atoms with van der Waals surface area (Å²) in [6.07, 6.45) is 5.44. The first-order valence-electron chi connectivity index (χ1n) is 9.96. The van der Waals surface area contributed by atoms with Crippen molar-refractivity contribution in [1.82, 2.24) is 14.8 Å². The van der Waals surface area contributed by atoms with Gasteiger partial charge in [0.15, 0.2) is 0 Å². The SMILES string of the molecule is O=C(c1coc(CN2CCOCC2)c1)N(Cc1ccccn1)C[C@H]1CCCO1. The Morgan fingerprint density at radius 3 is 2.89 bits per heavy atom. The Morgan fingerprint density at radius 1 is 1.25 bits per heavy atom. The van der Waals surface area contributed by atoms with E-state index in [0.717, 1.165) is 57.2 Å². The molecule has 0 radical (unpaired) electrons. The number of furan rings is 1. The van der Waals surface area contributed by atoms with Crippen LogP contribution in [0.2, 0.25) is 0 Å². The number of rotatable bonds is 7. The lowest BCUT2D eigenvalue weighted by molar-refractivity contribution is 0.0313. The summed E-state index contributed by atoms with van der Waals surface area (Å²) < 4.78 is 16.8. The molecule has 2 aromatic rings. The first kappa shape index (κ1) is 19.1. The van der Waals surface area contributed by atoms with Gasteiger partial charge in [0, 0.05) is 32.4 Å². The molecule has 0 unspecified atom stereocenters. The Labute approximate surface area is 165 Å². The fourth-order valence-corrected chi connectivity index (χ4v) is 3.68. The van der Waals surface area contributed by atoms with Crippen LogP contribution in [0.25, 0.3) is 0 Å². The number of nitrogens with zero attached hydrogens (tertiary/aromatic N) is 3. The zero-order chi connectivity index (χ0) is 19.2. The largest absolute Gasteiger partial charge is 0.467 e. The number of ether oxygens (including phenoxy) is 2. The van der Waals surface area contributed by atoms with Gasteiger partial charge < -0.3 is 18.8 Å². The summed E-state index contributed by atoms with van der Waals surface area (Å²) in [5, 5.41) is 0. The third kappa shape index (κ3) is 4.98. The van der Waals surface area contributed by atoms with E-state index in [1.165, 1.54) is 0 Å². The van der Waals surface area contributed by atoms with Crippen molar-refractivity contribution in [2.24, 2.45) is 0 Å². The maximum atomic E-state index is 13.2. The van der Waals surface area contributed by atoms with E-state index in [0.29, 0.717) is 25.2 Å². The number of morpholine rings is 1. The Balaban J connectivity index is 1.44. The van der Waals surface area contributed by atoms with Gasteiger partial charge in [-0.05, 0) is 31.0 Å². The molecular formula is C21H27N3O4. The van der Waals surface area contributed by atoms with Crippen LogP contribution >= 0.6 is 0 Å². The average molecular weight is 385 g/mol. The average Bonchev–Trinajstić information content (AvgIpc) is 3.41. The van der Waals surface area contributed by atoms with E-state index in [4.69, 9.17) is 13.9 Å². The van der Waals surface area contributed by atoms with Crippen LogP contribution in [0.5, 0.6) is 0 Å². The monoisotopic (exact) mass is 385 g/mol. The third-order valence-corrected chi connectivity index (χ3v) is 5.20. The lowest BCUT2D eigenvalue weighted by Crippen LogP contribution is -2.37. The molecule has 7 nitrogen and oxygen atoms in total. The molecule has 7 heteroatoms. The molecule has 1 atom stereocenters.